The van der Waals surface area contributed by atoms with Crippen LogP contribution in [-0.2, 0) is 0 Å². The van der Waals surface area contributed by atoms with Crippen molar-refractivity contribution >= 4 is 0 Å². The zero-order chi connectivity index (χ0) is 12.7. The lowest BCUT2D eigenvalue weighted by atomic mass is 9.95. The minimum absolute atomic E-state index is 0.0449. The Balaban J connectivity index is 1.87. The molecule has 18 heavy (non-hydrogen) atoms. The molecule has 2 fully saturated rings. The van der Waals surface area contributed by atoms with E-state index in [0.29, 0.717) is 5.92 Å². The van der Waals surface area contributed by atoms with Crippen LogP contribution < -0.4 is 5.32 Å². The van der Waals surface area contributed by atoms with E-state index in [1.54, 1.807) is 6.07 Å². The lowest BCUT2D eigenvalue weighted by Gasteiger charge is -2.21. The molecule has 3 unspecified atom stereocenters. The average Bonchev–Trinajstić information content (AvgIpc) is 2.82. The summed E-state index contributed by atoms with van der Waals surface area (Å²) in [7, 11) is 0. The molecule has 2 aliphatic carbocycles. The number of fused-ring (bicyclic) bond motifs is 1. The number of hydrogen-bond acceptors (Lipinski definition) is 1. The van der Waals surface area contributed by atoms with Crippen molar-refractivity contribution in [3.05, 3.63) is 35.1 Å². The normalized spacial score (nSPS) is 31.2. The molecule has 1 nitrogen and oxygen atoms in total. The highest BCUT2D eigenvalue weighted by molar-refractivity contribution is 5.29. The molecule has 1 aromatic rings. The Kier molecular flexibility index (Phi) is 3.14. The molecule has 0 saturated heterocycles. The van der Waals surface area contributed by atoms with E-state index in [0.717, 1.165) is 29.5 Å². The molecule has 2 aliphatic rings. The quantitative estimate of drug-likeness (QED) is 0.852. The molecule has 3 rings (SSSR count). The van der Waals surface area contributed by atoms with E-state index in [9.17, 15) is 4.39 Å². The standard InChI is InChI=1S/C16H22FN/c1-3-18-16(15-11-5-4-6-12(11)15)13-9-10(2)7-8-14(13)17/h7-9,11-12,15-16,18H,3-6H2,1-2H3. The first kappa shape index (κ1) is 12.2. The van der Waals surface area contributed by atoms with E-state index >= 15 is 0 Å². The van der Waals surface area contributed by atoms with E-state index < -0.39 is 0 Å². The second kappa shape index (κ2) is 4.65. The summed E-state index contributed by atoms with van der Waals surface area (Å²) in [6, 6.07) is 5.73. The molecule has 0 aromatic heterocycles. The van der Waals surface area contributed by atoms with Crippen molar-refractivity contribution < 1.29 is 4.39 Å². The largest absolute Gasteiger partial charge is 0.310 e. The van der Waals surface area contributed by atoms with E-state index in [1.807, 2.05) is 19.1 Å². The van der Waals surface area contributed by atoms with E-state index in [1.165, 1.54) is 19.3 Å². The van der Waals surface area contributed by atoms with Gasteiger partial charge < -0.3 is 5.32 Å². The van der Waals surface area contributed by atoms with Crippen molar-refractivity contribution in [3.8, 4) is 0 Å². The molecule has 1 N–H and O–H groups in total. The molecule has 0 spiro atoms. The van der Waals surface area contributed by atoms with E-state index in [4.69, 9.17) is 0 Å². The molecule has 3 atom stereocenters. The van der Waals surface area contributed by atoms with Crippen LogP contribution in [0.4, 0.5) is 4.39 Å². The van der Waals surface area contributed by atoms with Gasteiger partial charge in [0.25, 0.3) is 0 Å². The van der Waals surface area contributed by atoms with Gasteiger partial charge >= 0.3 is 0 Å². The highest BCUT2D eigenvalue weighted by Crippen LogP contribution is 2.62. The monoisotopic (exact) mass is 247 g/mol. The van der Waals surface area contributed by atoms with Gasteiger partial charge in [-0.3, -0.25) is 0 Å². The van der Waals surface area contributed by atoms with Gasteiger partial charge in [-0.15, -0.1) is 0 Å². The van der Waals surface area contributed by atoms with Gasteiger partial charge in [-0.05, 0) is 50.1 Å². The molecule has 0 heterocycles. The summed E-state index contributed by atoms with van der Waals surface area (Å²) in [6.45, 7) is 5.06. The van der Waals surface area contributed by atoms with Crippen LogP contribution in [0.1, 0.15) is 43.4 Å². The highest BCUT2D eigenvalue weighted by Gasteiger charge is 2.56. The third-order valence-corrected chi connectivity index (χ3v) is 4.77. The van der Waals surface area contributed by atoms with Crippen molar-refractivity contribution in [2.75, 3.05) is 6.54 Å². The Morgan fingerprint density at radius 3 is 2.72 bits per heavy atom. The van der Waals surface area contributed by atoms with Gasteiger partial charge in [0.05, 0.1) is 0 Å². The summed E-state index contributed by atoms with van der Waals surface area (Å²) in [6.07, 6.45) is 4.08. The van der Waals surface area contributed by atoms with E-state index in [2.05, 4.69) is 12.2 Å². The highest BCUT2D eigenvalue weighted by atomic mass is 19.1. The molecule has 98 valence electrons. The van der Waals surface area contributed by atoms with Crippen LogP contribution in [0.2, 0.25) is 0 Å². The second-order valence-corrected chi connectivity index (χ2v) is 5.90. The van der Waals surface area contributed by atoms with Crippen LogP contribution in [-0.4, -0.2) is 6.54 Å². The van der Waals surface area contributed by atoms with Gasteiger partial charge in [-0.25, -0.2) is 4.39 Å². The Hall–Kier alpha value is -0.890. The fourth-order valence-electron chi connectivity index (χ4n) is 3.95. The average molecular weight is 247 g/mol. The Labute approximate surface area is 109 Å². The van der Waals surface area contributed by atoms with Crippen LogP contribution >= 0.6 is 0 Å². The predicted molar refractivity (Wildman–Crippen MR) is 71.9 cm³/mol. The van der Waals surface area contributed by atoms with Gasteiger partial charge in [0.2, 0.25) is 0 Å². The summed E-state index contributed by atoms with van der Waals surface area (Å²) in [5, 5.41) is 3.52. The molecule has 0 bridgehead atoms. The van der Waals surface area contributed by atoms with Crippen LogP contribution in [0.3, 0.4) is 0 Å². The summed E-state index contributed by atoms with van der Waals surface area (Å²) < 4.78 is 14.1. The van der Waals surface area contributed by atoms with Gasteiger partial charge in [-0.1, -0.05) is 31.0 Å². The molecule has 0 aliphatic heterocycles. The molecule has 0 radical (unpaired) electrons. The second-order valence-electron chi connectivity index (χ2n) is 5.90. The molecule has 2 saturated carbocycles. The molecular formula is C16H22FN. The first-order valence-corrected chi connectivity index (χ1v) is 7.21. The lowest BCUT2D eigenvalue weighted by molar-refractivity contribution is 0.411. The first-order chi connectivity index (χ1) is 8.72. The smallest absolute Gasteiger partial charge is 0.128 e. The van der Waals surface area contributed by atoms with Gasteiger partial charge in [-0.2, -0.15) is 0 Å². The summed E-state index contributed by atoms with van der Waals surface area (Å²) >= 11 is 0. The van der Waals surface area contributed by atoms with E-state index in [-0.39, 0.29) is 11.9 Å². The van der Waals surface area contributed by atoms with Crippen molar-refractivity contribution in [1.29, 1.82) is 0 Å². The number of halogens is 1. The van der Waals surface area contributed by atoms with Crippen LogP contribution in [0.25, 0.3) is 0 Å². The minimum Gasteiger partial charge on any atom is -0.310 e. The fourth-order valence-corrected chi connectivity index (χ4v) is 3.95. The van der Waals surface area contributed by atoms with Gasteiger partial charge in [0.1, 0.15) is 5.82 Å². The van der Waals surface area contributed by atoms with Crippen molar-refractivity contribution in [1.82, 2.24) is 5.32 Å². The summed E-state index contributed by atoms with van der Waals surface area (Å²) in [5.74, 6) is 2.34. The fraction of sp³-hybridized carbons (Fsp3) is 0.625. The number of benzene rings is 1. The van der Waals surface area contributed by atoms with Gasteiger partial charge in [0.15, 0.2) is 0 Å². The Morgan fingerprint density at radius 2 is 2.06 bits per heavy atom. The number of nitrogens with one attached hydrogen (secondary N) is 1. The Morgan fingerprint density at radius 1 is 1.33 bits per heavy atom. The third kappa shape index (κ3) is 1.97. The van der Waals surface area contributed by atoms with Gasteiger partial charge in [0, 0.05) is 11.6 Å². The molecule has 0 amide bonds. The number of rotatable bonds is 4. The summed E-state index contributed by atoms with van der Waals surface area (Å²) in [5.41, 5.74) is 2.04. The van der Waals surface area contributed by atoms with Crippen LogP contribution in [0, 0.1) is 30.5 Å². The van der Waals surface area contributed by atoms with Crippen LogP contribution in [0.5, 0.6) is 0 Å². The maximum Gasteiger partial charge on any atom is 0.128 e. The first-order valence-electron chi connectivity index (χ1n) is 7.21. The molecule has 1 aromatic carbocycles. The number of hydrogen-bond donors (Lipinski definition) is 1. The van der Waals surface area contributed by atoms with Crippen molar-refractivity contribution in [2.45, 2.75) is 39.2 Å². The SMILES string of the molecule is CCNC(c1cc(C)ccc1F)C1C2CCCC21. The van der Waals surface area contributed by atoms with Crippen molar-refractivity contribution in [3.63, 3.8) is 0 Å². The third-order valence-electron chi connectivity index (χ3n) is 4.77. The topological polar surface area (TPSA) is 12.0 Å². The minimum atomic E-state index is -0.0449. The zero-order valence-electron chi connectivity index (χ0n) is 11.2. The maximum atomic E-state index is 14.1. The lowest BCUT2D eigenvalue weighted by Crippen LogP contribution is -2.25. The van der Waals surface area contributed by atoms with Crippen molar-refractivity contribution in [2.24, 2.45) is 17.8 Å². The predicted octanol–water partition coefficient (Wildman–Crippen LogP) is 3.83. The zero-order valence-corrected chi connectivity index (χ0v) is 11.2. The summed E-state index contributed by atoms with van der Waals surface area (Å²) in [4.78, 5) is 0. The van der Waals surface area contributed by atoms with Crippen LogP contribution in [0.15, 0.2) is 18.2 Å². The maximum absolute atomic E-state index is 14.1. The molecular weight excluding hydrogens is 225 g/mol. The Bertz CT molecular complexity index is 433. The number of aryl methyl sites for hydroxylation is 1. The molecule has 2 heteroatoms.